The van der Waals surface area contributed by atoms with Crippen LogP contribution in [0.15, 0.2) is 18.2 Å². The van der Waals surface area contributed by atoms with E-state index in [1.54, 1.807) is 0 Å². The van der Waals surface area contributed by atoms with Gasteiger partial charge in [0, 0.05) is 6.07 Å². The van der Waals surface area contributed by atoms with Crippen LogP contribution >= 0.6 is 11.6 Å². The van der Waals surface area contributed by atoms with Gasteiger partial charge < -0.3 is 15.6 Å². The molecule has 0 aliphatic rings. The van der Waals surface area contributed by atoms with Crippen molar-refractivity contribution in [2.24, 2.45) is 5.73 Å². The van der Waals surface area contributed by atoms with Gasteiger partial charge in [-0.3, -0.25) is 14.9 Å². The Kier molecular flexibility index (Phi) is 5.92. The van der Waals surface area contributed by atoms with Crippen LogP contribution in [0.4, 0.5) is 5.69 Å². The number of non-ortho nitro benzene ring substituents is 1. The molecule has 1 unspecified atom stereocenters. The lowest BCUT2D eigenvalue weighted by molar-refractivity contribution is -0.384. The number of benzene rings is 1. The second-order valence-electron chi connectivity index (χ2n) is 4.90. The van der Waals surface area contributed by atoms with Gasteiger partial charge in [0.05, 0.1) is 22.6 Å². The summed E-state index contributed by atoms with van der Waals surface area (Å²) in [6.07, 6.45) is 1.44. The van der Waals surface area contributed by atoms with E-state index in [2.05, 4.69) is 0 Å². The summed E-state index contributed by atoms with van der Waals surface area (Å²) in [5, 5.41) is 19.8. The molecule has 0 spiro atoms. The second-order valence-corrected chi connectivity index (χ2v) is 5.31. The maximum Gasteiger partial charge on any atom is 0.323 e. The van der Waals surface area contributed by atoms with Gasteiger partial charge in [-0.15, -0.1) is 0 Å². The van der Waals surface area contributed by atoms with Crippen molar-refractivity contribution >= 4 is 23.3 Å². The van der Waals surface area contributed by atoms with Gasteiger partial charge in [-0.05, 0) is 32.3 Å². The third-order valence-corrected chi connectivity index (χ3v) is 3.27. The summed E-state index contributed by atoms with van der Waals surface area (Å²) < 4.78 is 5.38. The van der Waals surface area contributed by atoms with E-state index in [4.69, 9.17) is 27.2 Å². The molecule has 0 aliphatic carbocycles. The number of carbonyl (C=O) groups is 1. The van der Waals surface area contributed by atoms with Crippen molar-refractivity contribution in [2.45, 2.75) is 31.7 Å². The Hall–Kier alpha value is -1.86. The first kappa shape index (κ1) is 17.2. The van der Waals surface area contributed by atoms with Crippen LogP contribution in [-0.2, 0) is 4.79 Å². The highest BCUT2D eigenvalue weighted by atomic mass is 35.5. The molecule has 21 heavy (non-hydrogen) atoms. The van der Waals surface area contributed by atoms with E-state index in [9.17, 15) is 14.9 Å². The van der Waals surface area contributed by atoms with Gasteiger partial charge >= 0.3 is 5.97 Å². The van der Waals surface area contributed by atoms with Crippen molar-refractivity contribution < 1.29 is 19.6 Å². The monoisotopic (exact) mass is 316 g/mol. The molecule has 7 nitrogen and oxygen atoms in total. The van der Waals surface area contributed by atoms with Crippen molar-refractivity contribution in [1.29, 1.82) is 0 Å². The molecule has 8 heteroatoms. The highest BCUT2D eigenvalue weighted by Crippen LogP contribution is 2.29. The summed E-state index contributed by atoms with van der Waals surface area (Å²) in [6.45, 7) is 1.73. The normalized spacial score (nSPS) is 13.5. The number of halogens is 1. The average molecular weight is 317 g/mol. The van der Waals surface area contributed by atoms with Gasteiger partial charge in [0.1, 0.15) is 11.3 Å². The standard InChI is InChI=1S/C13H17ClN2O5/c1-13(15,12(17)18)6-2-3-7-21-11-8-9(16(19)20)4-5-10(11)14/h4-5,8H,2-3,6-7,15H2,1H3,(H,17,18). The van der Waals surface area contributed by atoms with Crippen LogP contribution in [0.5, 0.6) is 5.75 Å². The van der Waals surface area contributed by atoms with Crippen LogP contribution in [-0.4, -0.2) is 28.1 Å². The van der Waals surface area contributed by atoms with Crippen LogP contribution in [0.1, 0.15) is 26.2 Å². The number of hydrogen-bond acceptors (Lipinski definition) is 5. The fourth-order valence-electron chi connectivity index (χ4n) is 1.60. The van der Waals surface area contributed by atoms with E-state index in [0.717, 1.165) is 0 Å². The predicted octanol–water partition coefficient (Wildman–Crippen LogP) is 2.60. The first-order valence-corrected chi connectivity index (χ1v) is 6.71. The molecule has 1 atom stereocenters. The van der Waals surface area contributed by atoms with Crippen molar-refractivity contribution in [2.75, 3.05) is 6.61 Å². The number of carboxylic acids is 1. The van der Waals surface area contributed by atoms with E-state index in [1.807, 2.05) is 0 Å². The molecule has 116 valence electrons. The minimum absolute atomic E-state index is 0.102. The van der Waals surface area contributed by atoms with Gasteiger partial charge in [0.2, 0.25) is 0 Å². The first-order valence-electron chi connectivity index (χ1n) is 6.33. The Morgan fingerprint density at radius 1 is 1.52 bits per heavy atom. The Balaban J connectivity index is 2.45. The minimum Gasteiger partial charge on any atom is -0.492 e. The molecule has 0 bridgehead atoms. The average Bonchev–Trinajstić information content (AvgIpc) is 2.39. The molecule has 1 aromatic carbocycles. The van der Waals surface area contributed by atoms with Crippen LogP contribution in [0.3, 0.4) is 0 Å². The fourth-order valence-corrected chi connectivity index (χ4v) is 1.77. The molecular weight excluding hydrogens is 300 g/mol. The number of nitro benzene ring substituents is 1. The zero-order chi connectivity index (χ0) is 16.0. The fraction of sp³-hybridized carbons (Fsp3) is 0.462. The third kappa shape index (κ3) is 5.20. The topological polar surface area (TPSA) is 116 Å². The van der Waals surface area contributed by atoms with Crippen LogP contribution in [0.25, 0.3) is 0 Å². The van der Waals surface area contributed by atoms with Crippen molar-refractivity contribution in [3.63, 3.8) is 0 Å². The Morgan fingerprint density at radius 3 is 2.76 bits per heavy atom. The van der Waals surface area contributed by atoms with E-state index in [0.29, 0.717) is 19.3 Å². The molecular formula is C13H17ClN2O5. The van der Waals surface area contributed by atoms with Gasteiger partial charge in [-0.1, -0.05) is 11.6 Å². The summed E-state index contributed by atoms with van der Waals surface area (Å²) in [7, 11) is 0. The zero-order valence-corrected chi connectivity index (χ0v) is 12.3. The molecule has 0 aliphatic heterocycles. The maximum atomic E-state index is 10.8. The summed E-state index contributed by atoms with van der Waals surface area (Å²) in [5.74, 6) is -0.815. The molecule has 1 rings (SSSR count). The molecule has 0 aromatic heterocycles. The molecule has 0 radical (unpaired) electrons. The molecule has 0 saturated heterocycles. The smallest absolute Gasteiger partial charge is 0.323 e. The summed E-state index contributed by atoms with van der Waals surface area (Å²) in [6, 6.07) is 3.95. The number of ether oxygens (including phenoxy) is 1. The first-order chi connectivity index (χ1) is 9.74. The Bertz CT molecular complexity index is 533. The lowest BCUT2D eigenvalue weighted by atomic mass is 9.97. The van der Waals surface area contributed by atoms with Crippen molar-refractivity contribution in [3.8, 4) is 5.75 Å². The largest absolute Gasteiger partial charge is 0.492 e. The zero-order valence-electron chi connectivity index (χ0n) is 11.5. The molecule has 1 aromatic rings. The number of nitrogens with zero attached hydrogens (tertiary/aromatic N) is 1. The van der Waals surface area contributed by atoms with Crippen molar-refractivity contribution in [1.82, 2.24) is 0 Å². The predicted molar refractivity (Wildman–Crippen MR) is 77.7 cm³/mol. The second kappa shape index (κ2) is 7.24. The molecule has 3 N–H and O–H groups in total. The van der Waals surface area contributed by atoms with Gasteiger partial charge in [-0.25, -0.2) is 0 Å². The quantitative estimate of drug-likeness (QED) is 0.432. The third-order valence-electron chi connectivity index (χ3n) is 2.96. The number of aliphatic carboxylic acids is 1. The SMILES string of the molecule is CC(N)(CCCCOc1cc([N+](=O)[O-])ccc1Cl)C(=O)O. The number of rotatable bonds is 8. The lowest BCUT2D eigenvalue weighted by Crippen LogP contribution is -2.44. The van der Waals surface area contributed by atoms with Crippen molar-refractivity contribution in [3.05, 3.63) is 33.3 Å². The molecule has 0 amide bonds. The van der Waals surface area contributed by atoms with Gasteiger partial charge in [0.25, 0.3) is 5.69 Å². The number of hydrogen-bond donors (Lipinski definition) is 2. The maximum absolute atomic E-state index is 10.8. The number of nitrogens with two attached hydrogens (primary N) is 1. The van der Waals surface area contributed by atoms with Gasteiger partial charge in [-0.2, -0.15) is 0 Å². The van der Waals surface area contributed by atoms with Crippen LogP contribution < -0.4 is 10.5 Å². The summed E-state index contributed by atoms with van der Waals surface area (Å²) in [5.41, 5.74) is 4.23. The Labute approximate surface area is 126 Å². The number of unbranched alkanes of at least 4 members (excludes halogenated alkanes) is 1. The number of nitro groups is 1. The minimum atomic E-state index is -1.26. The van der Waals surface area contributed by atoms with Crippen LogP contribution in [0, 0.1) is 10.1 Å². The highest BCUT2D eigenvalue weighted by molar-refractivity contribution is 6.32. The highest BCUT2D eigenvalue weighted by Gasteiger charge is 2.26. The molecule has 0 saturated carbocycles. The number of carboxylic acid groups (broad SMARTS) is 1. The van der Waals surface area contributed by atoms with E-state index in [-0.39, 0.29) is 23.1 Å². The Morgan fingerprint density at radius 2 is 2.19 bits per heavy atom. The summed E-state index contributed by atoms with van der Waals surface area (Å²) >= 11 is 5.88. The van der Waals surface area contributed by atoms with E-state index >= 15 is 0 Å². The molecule has 0 fully saturated rings. The molecule has 0 heterocycles. The van der Waals surface area contributed by atoms with Gasteiger partial charge in [0.15, 0.2) is 0 Å². The van der Waals surface area contributed by atoms with Crippen LogP contribution in [0.2, 0.25) is 5.02 Å². The lowest BCUT2D eigenvalue weighted by Gasteiger charge is -2.18. The van der Waals surface area contributed by atoms with E-state index < -0.39 is 16.4 Å². The van der Waals surface area contributed by atoms with E-state index in [1.165, 1.54) is 25.1 Å². The summed E-state index contributed by atoms with van der Waals surface area (Å²) in [4.78, 5) is 20.9.